The first-order valence-electron chi connectivity index (χ1n) is 3.74. The maximum atomic E-state index is 5.81. The molecule has 0 aliphatic heterocycles. The molecular weight excluding hydrogens is 190 g/mol. The third kappa shape index (κ3) is 1.12. The van der Waals surface area contributed by atoms with E-state index in [1.165, 1.54) is 10.8 Å². The quantitative estimate of drug-likeness (QED) is 0.686. The number of rotatable bonds is 1. The number of aromatic nitrogens is 4. The molecule has 6 heteroatoms. The molecule has 2 N–H and O–H groups in total. The molecule has 2 rings (SSSR count). The van der Waals surface area contributed by atoms with Gasteiger partial charge < -0.3 is 5.73 Å². The van der Waals surface area contributed by atoms with Crippen LogP contribution in [-0.4, -0.2) is 19.6 Å². The van der Waals surface area contributed by atoms with Crippen molar-refractivity contribution in [1.29, 1.82) is 0 Å². The van der Waals surface area contributed by atoms with Crippen LogP contribution in [0, 0.1) is 6.92 Å². The highest BCUT2D eigenvalue weighted by molar-refractivity contribution is 6.17. The van der Waals surface area contributed by atoms with Crippen LogP contribution in [0.15, 0.2) is 6.33 Å². The Morgan fingerprint density at radius 1 is 1.62 bits per heavy atom. The zero-order chi connectivity index (χ0) is 9.42. The van der Waals surface area contributed by atoms with E-state index in [2.05, 4.69) is 15.1 Å². The molecule has 0 saturated carbocycles. The summed E-state index contributed by atoms with van der Waals surface area (Å²) in [6, 6.07) is 0. The molecule has 0 spiro atoms. The molecule has 2 heterocycles. The van der Waals surface area contributed by atoms with E-state index in [1.807, 2.05) is 6.92 Å². The molecule has 2 aromatic rings. The summed E-state index contributed by atoms with van der Waals surface area (Å²) in [5.41, 5.74) is 7.42. The Morgan fingerprint density at radius 3 is 3.08 bits per heavy atom. The van der Waals surface area contributed by atoms with Gasteiger partial charge in [0.2, 0.25) is 0 Å². The summed E-state index contributed by atoms with van der Waals surface area (Å²) >= 11 is 5.72. The molecular formula is C7H8ClN5. The van der Waals surface area contributed by atoms with Crippen molar-refractivity contribution in [2.45, 2.75) is 12.8 Å². The zero-order valence-electron chi connectivity index (χ0n) is 7.03. The van der Waals surface area contributed by atoms with E-state index in [4.69, 9.17) is 17.3 Å². The van der Waals surface area contributed by atoms with Crippen molar-refractivity contribution in [3.8, 4) is 0 Å². The second kappa shape index (κ2) is 2.85. The van der Waals surface area contributed by atoms with Gasteiger partial charge in [-0.1, -0.05) is 0 Å². The van der Waals surface area contributed by atoms with Gasteiger partial charge in [0.1, 0.15) is 12.1 Å². The SMILES string of the molecule is Cc1nc2ncnn2c(N)c1CCl. The Labute approximate surface area is 79.6 Å². The lowest BCUT2D eigenvalue weighted by Crippen LogP contribution is -2.06. The number of alkyl halides is 1. The van der Waals surface area contributed by atoms with Crippen LogP contribution in [0.3, 0.4) is 0 Å². The number of nitrogens with zero attached hydrogens (tertiary/aromatic N) is 4. The monoisotopic (exact) mass is 197 g/mol. The average Bonchev–Trinajstić information content (AvgIpc) is 2.53. The molecule has 0 saturated heterocycles. The summed E-state index contributed by atoms with van der Waals surface area (Å²) in [5.74, 6) is 1.35. The summed E-state index contributed by atoms with van der Waals surface area (Å²) in [7, 11) is 0. The van der Waals surface area contributed by atoms with Gasteiger partial charge in [0.25, 0.3) is 5.78 Å². The maximum Gasteiger partial charge on any atom is 0.254 e. The van der Waals surface area contributed by atoms with Crippen molar-refractivity contribution in [1.82, 2.24) is 19.6 Å². The first kappa shape index (κ1) is 8.25. The minimum Gasteiger partial charge on any atom is -0.383 e. The molecule has 13 heavy (non-hydrogen) atoms. The number of aryl methyl sites for hydroxylation is 1. The summed E-state index contributed by atoms with van der Waals surface area (Å²) < 4.78 is 1.48. The molecule has 5 nitrogen and oxygen atoms in total. The molecule has 0 unspecified atom stereocenters. The fraction of sp³-hybridized carbons (Fsp3) is 0.286. The average molecular weight is 198 g/mol. The Bertz CT molecular complexity index is 449. The number of halogens is 1. The van der Waals surface area contributed by atoms with Gasteiger partial charge in [0, 0.05) is 11.3 Å². The van der Waals surface area contributed by atoms with Crippen LogP contribution in [0.2, 0.25) is 0 Å². The van der Waals surface area contributed by atoms with E-state index in [0.717, 1.165) is 11.3 Å². The molecule has 0 atom stereocenters. The van der Waals surface area contributed by atoms with Crippen LogP contribution < -0.4 is 5.73 Å². The summed E-state index contributed by atoms with van der Waals surface area (Å²) in [5, 5.41) is 3.93. The Kier molecular flexibility index (Phi) is 1.81. The number of nitrogens with two attached hydrogens (primary N) is 1. The molecule has 0 aliphatic carbocycles. The van der Waals surface area contributed by atoms with E-state index in [0.29, 0.717) is 17.5 Å². The van der Waals surface area contributed by atoms with Gasteiger partial charge in [-0.2, -0.15) is 14.6 Å². The van der Waals surface area contributed by atoms with E-state index in [9.17, 15) is 0 Å². The first-order valence-corrected chi connectivity index (χ1v) is 4.28. The Morgan fingerprint density at radius 2 is 2.38 bits per heavy atom. The van der Waals surface area contributed by atoms with Crippen molar-refractivity contribution in [2.24, 2.45) is 0 Å². The van der Waals surface area contributed by atoms with E-state index in [1.54, 1.807) is 0 Å². The van der Waals surface area contributed by atoms with E-state index in [-0.39, 0.29) is 0 Å². The highest BCUT2D eigenvalue weighted by Gasteiger charge is 2.09. The summed E-state index contributed by atoms with van der Waals surface area (Å²) in [6.45, 7) is 1.85. The van der Waals surface area contributed by atoms with Crippen molar-refractivity contribution in [2.75, 3.05) is 5.73 Å². The highest BCUT2D eigenvalue weighted by Crippen LogP contribution is 2.17. The number of hydrogen-bond acceptors (Lipinski definition) is 4. The third-order valence-electron chi connectivity index (χ3n) is 1.91. The minimum absolute atomic E-state index is 0.334. The first-order chi connectivity index (χ1) is 6.24. The van der Waals surface area contributed by atoms with Crippen LogP contribution in [0.25, 0.3) is 5.78 Å². The van der Waals surface area contributed by atoms with Gasteiger partial charge in [0.05, 0.1) is 5.88 Å². The summed E-state index contributed by atoms with van der Waals surface area (Å²) in [4.78, 5) is 8.13. The van der Waals surface area contributed by atoms with Crippen molar-refractivity contribution in [3.05, 3.63) is 17.6 Å². The lowest BCUT2D eigenvalue weighted by Gasteiger charge is -2.05. The fourth-order valence-corrected chi connectivity index (χ4v) is 1.51. The predicted molar refractivity (Wildman–Crippen MR) is 49.5 cm³/mol. The number of anilines is 1. The predicted octanol–water partition coefficient (Wildman–Crippen LogP) is 0.754. The van der Waals surface area contributed by atoms with Gasteiger partial charge in [-0.25, -0.2) is 4.98 Å². The van der Waals surface area contributed by atoms with Crippen molar-refractivity contribution >= 4 is 23.2 Å². The van der Waals surface area contributed by atoms with Crippen molar-refractivity contribution in [3.63, 3.8) is 0 Å². The minimum atomic E-state index is 0.334. The third-order valence-corrected chi connectivity index (χ3v) is 2.17. The van der Waals surface area contributed by atoms with E-state index < -0.39 is 0 Å². The van der Waals surface area contributed by atoms with Gasteiger partial charge in [-0.15, -0.1) is 11.6 Å². The zero-order valence-corrected chi connectivity index (χ0v) is 7.78. The highest BCUT2D eigenvalue weighted by atomic mass is 35.5. The Balaban J connectivity index is 2.85. The molecule has 0 aromatic carbocycles. The normalized spacial score (nSPS) is 10.9. The maximum absolute atomic E-state index is 5.81. The van der Waals surface area contributed by atoms with Crippen LogP contribution in [0.1, 0.15) is 11.3 Å². The van der Waals surface area contributed by atoms with Crippen molar-refractivity contribution < 1.29 is 0 Å². The number of hydrogen-bond donors (Lipinski definition) is 1. The topological polar surface area (TPSA) is 69.1 Å². The fourth-order valence-electron chi connectivity index (χ4n) is 1.18. The second-order valence-corrected chi connectivity index (χ2v) is 2.93. The molecule has 0 radical (unpaired) electrons. The molecule has 2 aromatic heterocycles. The molecule has 0 amide bonds. The number of nitrogen functional groups attached to an aromatic ring is 1. The molecule has 0 bridgehead atoms. The van der Waals surface area contributed by atoms with Crippen LogP contribution in [-0.2, 0) is 5.88 Å². The van der Waals surface area contributed by atoms with Gasteiger partial charge >= 0.3 is 0 Å². The van der Waals surface area contributed by atoms with Crippen LogP contribution in [0.5, 0.6) is 0 Å². The molecule has 0 fully saturated rings. The second-order valence-electron chi connectivity index (χ2n) is 2.67. The van der Waals surface area contributed by atoms with Gasteiger partial charge in [0.15, 0.2) is 0 Å². The van der Waals surface area contributed by atoms with E-state index >= 15 is 0 Å². The molecule has 68 valence electrons. The van der Waals surface area contributed by atoms with Gasteiger partial charge in [-0.05, 0) is 6.92 Å². The van der Waals surface area contributed by atoms with Crippen LogP contribution >= 0.6 is 11.6 Å². The lowest BCUT2D eigenvalue weighted by atomic mass is 10.2. The van der Waals surface area contributed by atoms with Crippen LogP contribution in [0.4, 0.5) is 5.82 Å². The smallest absolute Gasteiger partial charge is 0.254 e. The molecule has 0 aliphatic rings. The summed E-state index contributed by atoms with van der Waals surface area (Å²) in [6.07, 6.45) is 1.41. The number of fused-ring (bicyclic) bond motifs is 1. The largest absolute Gasteiger partial charge is 0.383 e. The van der Waals surface area contributed by atoms with Gasteiger partial charge in [-0.3, -0.25) is 0 Å². The Hall–Kier alpha value is -1.36. The lowest BCUT2D eigenvalue weighted by molar-refractivity contribution is 0.925. The standard InChI is InChI=1S/C7H8ClN5/c1-4-5(2-8)6(9)13-7(12-4)10-3-11-13/h3H,2,9H2,1H3.